The Morgan fingerprint density at radius 2 is 1.85 bits per heavy atom. The fraction of sp³-hybridized carbons (Fsp3) is 0.457. The van der Waals surface area contributed by atoms with Crippen LogP contribution in [0.3, 0.4) is 0 Å². The van der Waals surface area contributed by atoms with E-state index in [1.54, 1.807) is 6.07 Å². The maximum atomic E-state index is 11.9. The first-order valence-electron chi connectivity index (χ1n) is 14.5. The molecule has 0 bridgehead atoms. The monoisotopic (exact) mass is 566 g/mol. The first-order chi connectivity index (χ1) is 19.2. The highest BCUT2D eigenvalue weighted by atomic mass is 35.5. The molecule has 0 aliphatic heterocycles. The highest BCUT2D eigenvalue weighted by Gasteiger charge is 2.23. The summed E-state index contributed by atoms with van der Waals surface area (Å²) in [4.78, 5) is 22.9. The van der Waals surface area contributed by atoms with Crippen molar-refractivity contribution in [2.75, 3.05) is 0 Å². The van der Waals surface area contributed by atoms with Crippen molar-refractivity contribution in [3.8, 4) is 5.75 Å². The van der Waals surface area contributed by atoms with Crippen LogP contribution in [0.15, 0.2) is 77.1 Å². The number of aryl methyl sites for hydroxylation is 2. The first kappa shape index (κ1) is 35.0. The van der Waals surface area contributed by atoms with Crippen molar-refractivity contribution >= 4 is 23.4 Å². The van der Waals surface area contributed by atoms with Gasteiger partial charge < -0.3 is 9.84 Å². The van der Waals surface area contributed by atoms with Gasteiger partial charge in [0.2, 0.25) is 0 Å². The summed E-state index contributed by atoms with van der Waals surface area (Å²) in [7, 11) is 0. The van der Waals surface area contributed by atoms with Crippen LogP contribution in [0, 0.1) is 0 Å². The number of halogens is 1. The number of carbonyl (C=O) groups is 2. The first-order valence-corrected chi connectivity index (χ1v) is 14.9. The van der Waals surface area contributed by atoms with E-state index in [0.29, 0.717) is 17.7 Å². The molecule has 1 aromatic carbocycles. The fourth-order valence-corrected chi connectivity index (χ4v) is 4.24. The molecule has 0 amide bonds. The van der Waals surface area contributed by atoms with Gasteiger partial charge in [-0.1, -0.05) is 88.9 Å². The second-order valence-electron chi connectivity index (χ2n) is 9.99. The van der Waals surface area contributed by atoms with Gasteiger partial charge in [-0.15, -0.1) is 5.73 Å². The Bertz CT molecular complexity index is 1150. The number of carbonyl (C=O) groups excluding carboxylic acids is 1. The van der Waals surface area contributed by atoms with Crippen molar-refractivity contribution < 1.29 is 19.4 Å². The number of benzene rings is 1. The zero-order valence-corrected chi connectivity index (χ0v) is 25.8. The third kappa shape index (κ3) is 12.9. The predicted molar refractivity (Wildman–Crippen MR) is 168 cm³/mol. The molecule has 0 saturated carbocycles. The van der Waals surface area contributed by atoms with Crippen molar-refractivity contribution in [1.29, 1.82) is 0 Å². The molecule has 1 N–H and O–H groups in total. The van der Waals surface area contributed by atoms with Crippen LogP contribution >= 0.6 is 11.6 Å². The van der Waals surface area contributed by atoms with Crippen LogP contribution in [0.5, 0.6) is 5.75 Å². The minimum Gasteiger partial charge on any atom is -0.479 e. The fourth-order valence-electron chi connectivity index (χ4n) is 4.09. The summed E-state index contributed by atoms with van der Waals surface area (Å²) in [6, 6.07) is 3.79. The summed E-state index contributed by atoms with van der Waals surface area (Å²) in [6.45, 7) is 13.9. The van der Waals surface area contributed by atoms with E-state index in [0.717, 1.165) is 60.3 Å². The standard InChI is InChI=1S/C18H24O4.C14H15Cl.C3H8/c1-3-4-5-6-7-14-10-13-8-9-16(19)15(13)11-17(14)22-12(2)18(20)21;1-3-4-5-6-7-12(2)13-8-10-14(15)11-9-13;1-3-2/h10-12H,3-9H2,1-2H3,(H,20,21);3-5,7-8,10H,2,9,11H2,1H3;3H2,1-2H3/b;4-3-;. The van der Waals surface area contributed by atoms with Gasteiger partial charge in [-0.25, -0.2) is 4.79 Å². The minimum atomic E-state index is -0.997. The maximum absolute atomic E-state index is 11.9. The van der Waals surface area contributed by atoms with Crippen LogP contribution in [-0.4, -0.2) is 23.0 Å². The lowest BCUT2D eigenvalue weighted by molar-refractivity contribution is -0.144. The molecule has 0 spiro atoms. The molecule has 1 aromatic rings. The molecule has 3 rings (SSSR count). The Balaban J connectivity index is 0.000000386. The average molecular weight is 567 g/mol. The number of ether oxygens (including phenoxy) is 1. The predicted octanol–water partition coefficient (Wildman–Crippen LogP) is 9.88. The number of allylic oxidation sites excluding steroid dienone is 8. The van der Waals surface area contributed by atoms with Gasteiger partial charge in [-0.2, -0.15) is 0 Å². The van der Waals surface area contributed by atoms with Gasteiger partial charge in [0.1, 0.15) is 5.75 Å². The van der Waals surface area contributed by atoms with Crippen LogP contribution in [0.4, 0.5) is 0 Å². The van der Waals surface area contributed by atoms with Crippen LogP contribution in [-0.2, 0) is 17.6 Å². The number of aliphatic carboxylic acids is 1. The van der Waals surface area contributed by atoms with Crippen molar-refractivity contribution in [3.63, 3.8) is 0 Å². The Kier molecular flexibility index (Phi) is 17.4. The van der Waals surface area contributed by atoms with Gasteiger partial charge in [0.25, 0.3) is 0 Å². The van der Waals surface area contributed by atoms with E-state index in [-0.39, 0.29) is 5.78 Å². The molecule has 40 heavy (non-hydrogen) atoms. The number of hydrogen-bond donors (Lipinski definition) is 1. The Morgan fingerprint density at radius 1 is 1.12 bits per heavy atom. The van der Waals surface area contributed by atoms with Gasteiger partial charge in [-0.05, 0) is 92.5 Å². The number of Topliss-reactive ketones (excluding diaryl/α,β-unsaturated/α-hetero) is 1. The summed E-state index contributed by atoms with van der Waals surface area (Å²) in [5.41, 5.74) is 8.11. The molecule has 5 heteroatoms. The molecule has 0 radical (unpaired) electrons. The summed E-state index contributed by atoms with van der Waals surface area (Å²) < 4.78 is 5.59. The second kappa shape index (κ2) is 19.9. The zero-order chi connectivity index (χ0) is 29.9. The zero-order valence-electron chi connectivity index (χ0n) is 25.0. The van der Waals surface area contributed by atoms with Crippen molar-refractivity contribution in [1.82, 2.24) is 0 Å². The van der Waals surface area contributed by atoms with E-state index in [1.165, 1.54) is 31.8 Å². The number of fused-ring (bicyclic) bond motifs is 1. The molecule has 0 heterocycles. The van der Waals surface area contributed by atoms with E-state index < -0.39 is 12.1 Å². The van der Waals surface area contributed by atoms with Crippen LogP contribution in [0.2, 0.25) is 0 Å². The van der Waals surface area contributed by atoms with Crippen LogP contribution in [0.1, 0.15) is 107 Å². The van der Waals surface area contributed by atoms with E-state index >= 15 is 0 Å². The van der Waals surface area contributed by atoms with Gasteiger partial charge >= 0.3 is 5.97 Å². The molecular weight excluding hydrogens is 520 g/mol. The largest absolute Gasteiger partial charge is 0.479 e. The molecule has 0 fully saturated rings. The highest BCUT2D eigenvalue weighted by molar-refractivity contribution is 6.29. The second-order valence-corrected chi connectivity index (χ2v) is 10.5. The summed E-state index contributed by atoms with van der Waals surface area (Å²) in [5, 5.41) is 9.95. The number of hydrogen-bond acceptors (Lipinski definition) is 3. The quantitative estimate of drug-likeness (QED) is 0.164. The van der Waals surface area contributed by atoms with E-state index in [4.69, 9.17) is 21.4 Å². The van der Waals surface area contributed by atoms with E-state index in [2.05, 4.69) is 33.1 Å². The average Bonchev–Trinajstić information content (AvgIpc) is 3.29. The SMILES string of the molecule is C=C(C=C=C/C=C\C)C1=CC=C(Cl)CC1.CCC.CCCCCCc1cc2c(cc1OC(C)C(=O)O)C(=O)CC2. The Labute approximate surface area is 246 Å². The molecule has 2 aliphatic rings. The number of carboxylic acid groups (broad SMARTS) is 1. The highest BCUT2D eigenvalue weighted by Crippen LogP contribution is 2.32. The lowest BCUT2D eigenvalue weighted by atomic mass is 9.98. The van der Waals surface area contributed by atoms with Crippen molar-refractivity contribution in [3.05, 3.63) is 93.8 Å². The van der Waals surface area contributed by atoms with Gasteiger partial charge in [0.15, 0.2) is 11.9 Å². The lowest BCUT2D eigenvalue weighted by Gasteiger charge is -2.16. The molecule has 1 unspecified atom stereocenters. The molecule has 1 atom stereocenters. The Hall–Kier alpha value is -3.07. The number of ketones is 1. The molecule has 218 valence electrons. The molecule has 4 nitrogen and oxygen atoms in total. The molecule has 0 saturated heterocycles. The minimum absolute atomic E-state index is 0.125. The third-order valence-electron chi connectivity index (χ3n) is 6.31. The topological polar surface area (TPSA) is 63.6 Å². The summed E-state index contributed by atoms with van der Waals surface area (Å²) in [6.07, 6.45) is 20.6. The number of rotatable bonds is 11. The third-order valence-corrected chi connectivity index (χ3v) is 6.63. The molecule has 0 aromatic heterocycles. The van der Waals surface area contributed by atoms with Crippen LogP contribution < -0.4 is 4.74 Å². The van der Waals surface area contributed by atoms with Gasteiger partial charge in [0, 0.05) is 17.0 Å². The smallest absolute Gasteiger partial charge is 0.344 e. The summed E-state index contributed by atoms with van der Waals surface area (Å²) >= 11 is 5.88. The van der Waals surface area contributed by atoms with E-state index in [1.807, 2.05) is 49.4 Å². The van der Waals surface area contributed by atoms with E-state index in [9.17, 15) is 9.59 Å². The van der Waals surface area contributed by atoms with Gasteiger partial charge in [-0.3, -0.25) is 4.79 Å². The van der Waals surface area contributed by atoms with Crippen molar-refractivity contribution in [2.24, 2.45) is 0 Å². The van der Waals surface area contributed by atoms with Crippen LogP contribution in [0.25, 0.3) is 0 Å². The molecular formula is C35H47ClO4. The number of carboxylic acids is 1. The number of unbranched alkanes of at least 4 members (excludes halogenated alkanes) is 3. The van der Waals surface area contributed by atoms with Crippen molar-refractivity contribution in [2.45, 2.75) is 105 Å². The lowest BCUT2D eigenvalue weighted by Crippen LogP contribution is -2.23. The maximum Gasteiger partial charge on any atom is 0.344 e. The molecule has 2 aliphatic carbocycles. The Morgan fingerprint density at radius 3 is 2.45 bits per heavy atom. The summed E-state index contributed by atoms with van der Waals surface area (Å²) in [5.74, 6) is -0.315. The normalized spacial score (nSPS) is 14.3. The van der Waals surface area contributed by atoms with Gasteiger partial charge in [0.05, 0.1) is 0 Å².